The van der Waals surface area contributed by atoms with Gasteiger partial charge < -0.3 is 4.74 Å². The van der Waals surface area contributed by atoms with Crippen molar-refractivity contribution in [2.45, 2.75) is 6.92 Å². The van der Waals surface area contributed by atoms with E-state index in [1.807, 2.05) is 31.2 Å². The van der Waals surface area contributed by atoms with Gasteiger partial charge >= 0.3 is 0 Å². The minimum absolute atomic E-state index is 0.380. The number of aromatic nitrogens is 2. The fourth-order valence-electron chi connectivity index (χ4n) is 1.38. The van der Waals surface area contributed by atoms with Crippen LogP contribution in [0, 0.1) is 6.92 Å². The minimum Gasteiger partial charge on any atom is -0.485 e. The van der Waals surface area contributed by atoms with Crippen LogP contribution in [0.25, 0.3) is 11.0 Å². The Bertz CT molecular complexity index is 525. The molecule has 0 saturated heterocycles. The predicted molar refractivity (Wildman–Crippen MR) is 63.0 cm³/mol. The van der Waals surface area contributed by atoms with Crippen molar-refractivity contribution in [1.82, 2.24) is 9.97 Å². The lowest BCUT2D eigenvalue weighted by Gasteiger charge is -2.06. The van der Waals surface area contributed by atoms with Crippen molar-refractivity contribution in [1.29, 1.82) is 0 Å². The number of thiocarbonyl (C=S) groups is 1. The topological polar surface area (TPSA) is 35.0 Å². The van der Waals surface area contributed by atoms with E-state index in [1.54, 1.807) is 7.11 Å². The van der Waals surface area contributed by atoms with Gasteiger partial charge in [0.25, 0.3) is 0 Å². The highest BCUT2D eigenvalue weighted by molar-refractivity contribution is 7.80. The van der Waals surface area contributed by atoms with Gasteiger partial charge in [0.1, 0.15) is 5.69 Å². The molecule has 0 atom stereocenters. The highest BCUT2D eigenvalue weighted by Gasteiger charge is 2.09. The summed E-state index contributed by atoms with van der Waals surface area (Å²) in [6.45, 7) is 1.88. The number of nitrogens with zero attached hydrogens (tertiary/aromatic N) is 2. The van der Waals surface area contributed by atoms with E-state index in [0.717, 1.165) is 16.7 Å². The summed E-state index contributed by atoms with van der Waals surface area (Å²) >= 11 is 5.05. The summed E-state index contributed by atoms with van der Waals surface area (Å²) in [6.07, 6.45) is 0. The van der Waals surface area contributed by atoms with Gasteiger partial charge in [0.15, 0.2) is 0 Å². The Kier molecular flexibility index (Phi) is 2.60. The molecular formula is C11H10N2OS. The lowest BCUT2D eigenvalue weighted by Crippen LogP contribution is -2.07. The number of rotatable bonds is 1. The molecule has 0 fully saturated rings. The highest BCUT2D eigenvalue weighted by Crippen LogP contribution is 2.13. The van der Waals surface area contributed by atoms with Crippen LogP contribution in [0.3, 0.4) is 0 Å². The lowest BCUT2D eigenvalue weighted by molar-refractivity contribution is 0.414. The number of methoxy groups -OCH3 is 1. The van der Waals surface area contributed by atoms with Gasteiger partial charge in [-0.05, 0) is 31.3 Å². The van der Waals surface area contributed by atoms with E-state index in [4.69, 9.17) is 17.0 Å². The molecule has 1 aromatic carbocycles. The van der Waals surface area contributed by atoms with Gasteiger partial charge in [0.05, 0.1) is 23.8 Å². The fraction of sp³-hybridized carbons (Fsp3) is 0.182. The van der Waals surface area contributed by atoms with Crippen LogP contribution < -0.4 is 0 Å². The SMILES string of the molecule is COC(=S)c1nc2ccccc2nc1C. The number of ether oxygens (including phenoxy) is 1. The zero-order valence-corrected chi connectivity index (χ0v) is 9.34. The Labute approximate surface area is 93.1 Å². The van der Waals surface area contributed by atoms with Crippen LogP contribution in [-0.2, 0) is 4.74 Å². The summed E-state index contributed by atoms with van der Waals surface area (Å²) in [5, 5.41) is 0.380. The van der Waals surface area contributed by atoms with E-state index < -0.39 is 0 Å². The Hall–Kier alpha value is -1.55. The average Bonchev–Trinajstić information content (AvgIpc) is 2.27. The van der Waals surface area contributed by atoms with Gasteiger partial charge in [-0.3, -0.25) is 0 Å². The van der Waals surface area contributed by atoms with Gasteiger partial charge in [-0.15, -0.1) is 0 Å². The van der Waals surface area contributed by atoms with Gasteiger partial charge in [-0.2, -0.15) is 0 Å². The maximum absolute atomic E-state index is 5.05. The van der Waals surface area contributed by atoms with E-state index in [-0.39, 0.29) is 0 Å². The molecule has 1 heterocycles. The molecule has 0 aliphatic rings. The molecule has 15 heavy (non-hydrogen) atoms. The molecule has 2 rings (SSSR count). The maximum atomic E-state index is 5.05. The molecule has 0 unspecified atom stereocenters. The number of hydrogen-bond acceptors (Lipinski definition) is 4. The van der Waals surface area contributed by atoms with E-state index in [9.17, 15) is 0 Å². The largest absolute Gasteiger partial charge is 0.485 e. The fourth-order valence-corrected chi connectivity index (χ4v) is 1.57. The van der Waals surface area contributed by atoms with Crippen molar-refractivity contribution < 1.29 is 4.74 Å². The molecule has 0 aliphatic carbocycles. The zero-order chi connectivity index (χ0) is 10.8. The van der Waals surface area contributed by atoms with Crippen molar-refractivity contribution in [3.05, 3.63) is 35.7 Å². The Morgan fingerprint density at radius 2 is 1.80 bits per heavy atom. The van der Waals surface area contributed by atoms with Crippen LogP contribution in [-0.4, -0.2) is 22.1 Å². The predicted octanol–water partition coefficient (Wildman–Crippen LogP) is 2.26. The molecule has 2 aromatic rings. The summed E-state index contributed by atoms with van der Waals surface area (Å²) in [5.74, 6) is 0. The molecule has 1 aromatic heterocycles. The van der Waals surface area contributed by atoms with E-state index in [1.165, 1.54) is 0 Å². The van der Waals surface area contributed by atoms with Crippen molar-refractivity contribution in [2.75, 3.05) is 7.11 Å². The second-order valence-corrected chi connectivity index (χ2v) is 3.51. The first-order valence-electron chi connectivity index (χ1n) is 4.54. The molecule has 0 amide bonds. The van der Waals surface area contributed by atoms with Crippen LogP contribution in [0.1, 0.15) is 11.4 Å². The van der Waals surface area contributed by atoms with Gasteiger partial charge in [-0.25, -0.2) is 9.97 Å². The van der Waals surface area contributed by atoms with Crippen molar-refractivity contribution in [2.24, 2.45) is 0 Å². The number of hydrogen-bond donors (Lipinski definition) is 0. The standard InChI is InChI=1S/C11H10N2OS/c1-7-10(11(15)14-2)13-9-6-4-3-5-8(9)12-7/h3-6H,1-2H3. The number of aryl methyl sites for hydroxylation is 1. The Morgan fingerprint density at radius 3 is 2.40 bits per heavy atom. The first-order chi connectivity index (χ1) is 7.22. The molecule has 76 valence electrons. The first kappa shape index (κ1) is 9.98. The molecule has 3 nitrogen and oxygen atoms in total. The van der Waals surface area contributed by atoms with Crippen molar-refractivity contribution in [3.8, 4) is 0 Å². The van der Waals surface area contributed by atoms with Crippen LogP contribution in [0.5, 0.6) is 0 Å². The molecule has 0 spiro atoms. The van der Waals surface area contributed by atoms with Gasteiger partial charge in [-0.1, -0.05) is 12.1 Å². The second kappa shape index (κ2) is 3.90. The summed E-state index contributed by atoms with van der Waals surface area (Å²) in [7, 11) is 1.54. The van der Waals surface area contributed by atoms with Crippen molar-refractivity contribution >= 4 is 28.3 Å². The normalized spacial score (nSPS) is 10.3. The molecule has 0 N–H and O–H groups in total. The van der Waals surface area contributed by atoms with E-state index >= 15 is 0 Å². The van der Waals surface area contributed by atoms with Crippen LogP contribution in [0.2, 0.25) is 0 Å². The van der Waals surface area contributed by atoms with Crippen LogP contribution in [0.4, 0.5) is 0 Å². The van der Waals surface area contributed by atoms with Crippen LogP contribution in [0.15, 0.2) is 24.3 Å². The minimum atomic E-state index is 0.380. The van der Waals surface area contributed by atoms with E-state index in [2.05, 4.69) is 9.97 Å². The smallest absolute Gasteiger partial charge is 0.211 e. The summed E-state index contributed by atoms with van der Waals surface area (Å²) in [6, 6.07) is 7.69. The van der Waals surface area contributed by atoms with Crippen LogP contribution >= 0.6 is 12.2 Å². The number of benzene rings is 1. The Morgan fingerprint density at radius 1 is 1.20 bits per heavy atom. The van der Waals surface area contributed by atoms with Crippen molar-refractivity contribution in [3.63, 3.8) is 0 Å². The summed E-state index contributed by atoms with van der Waals surface area (Å²) in [5.41, 5.74) is 3.14. The lowest BCUT2D eigenvalue weighted by atomic mass is 10.2. The molecule has 0 radical (unpaired) electrons. The number of fused-ring (bicyclic) bond motifs is 1. The van der Waals surface area contributed by atoms with Gasteiger partial charge in [0.2, 0.25) is 5.05 Å². The molecule has 0 bridgehead atoms. The molecular weight excluding hydrogens is 208 g/mol. The van der Waals surface area contributed by atoms with E-state index in [0.29, 0.717) is 10.7 Å². The average molecular weight is 218 g/mol. The quantitative estimate of drug-likeness (QED) is 0.688. The van der Waals surface area contributed by atoms with Gasteiger partial charge in [0, 0.05) is 0 Å². The second-order valence-electron chi connectivity index (χ2n) is 3.14. The molecule has 4 heteroatoms. The summed E-state index contributed by atoms with van der Waals surface area (Å²) < 4.78 is 4.99. The third-order valence-electron chi connectivity index (χ3n) is 2.12. The molecule has 0 aliphatic heterocycles. The molecule has 0 saturated carbocycles. The third-order valence-corrected chi connectivity index (χ3v) is 2.48. The number of para-hydroxylation sites is 2. The highest BCUT2D eigenvalue weighted by atomic mass is 32.1. The Balaban J connectivity index is 2.67. The summed E-state index contributed by atoms with van der Waals surface area (Å²) in [4.78, 5) is 8.83. The third kappa shape index (κ3) is 1.80. The first-order valence-corrected chi connectivity index (χ1v) is 4.95. The zero-order valence-electron chi connectivity index (χ0n) is 8.52. The monoisotopic (exact) mass is 218 g/mol. The maximum Gasteiger partial charge on any atom is 0.211 e.